The Kier molecular flexibility index (Phi) is 4.91. The van der Waals surface area contributed by atoms with Gasteiger partial charge in [0.15, 0.2) is 5.71 Å². The van der Waals surface area contributed by atoms with Gasteiger partial charge in [-0.15, -0.1) is 0 Å². The molecule has 0 saturated carbocycles. The number of rotatable bonds is 2. The monoisotopic (exact) mass is 386 g/mol. The number of hydrogen-bond acceptors (Lipinski definition) is 2. The van der Waals surface area contributed by atoms with Gasteiger partial charge in [-0.3, -0.25) is 4.79 Å². The van der Waals surface area contributed by atoms with E-state index in [0.717, 1.165) is 16.8 Å². The first-order valence-corrected chi connectivity index (χ1v) is 8.84. The van der Waals surface area contributed by atoms with Gasteiger partial charge in [-0.1, -0.05) is 61.9 Å². The Morgan fingerprint density at radius 1 is 1.07 bits per heavy atom. The van der Waals surface area contributed by atoms with E-state index in [2.05, 4.69) is 4.99 Å². The molecule has 2 aromatic rings. The van der Waals surface area contributed by atoms with E-state index in [1.165, 1.54) is 18.2 Å². The van der Waals surface area contributed by atoms with Crippen LogP contribution in [0.4, 0.5) is 18.9 Å². The Labute approximate surface area is 162 Å². The summed E-state index contributed by atoms with van der Waals surface area (Å²) in [7, 11) is 1.79. The molecule has 1 amide bonds. The molecule has 28 heavy (non-hydrogen) atoms. The van der Waals surface area contributed by atoms with Crippen LogP contribution < -0.4 is 4.90 Å². The van der Waals surface area contributed by atoms with Crippen LogP contribution in [0.1, 0.15) is 30.5 Å². The number of aliphatic imine (C=N–C) groups is 1. The highest BCUT2D eigenvalue weighted by atomic mass is 19.4. The number of carbonyl (C=O) groups is 1. The van der Waals surface area contributed by atoms with Crippen LogP contribution in [0.5, 0.6) is 0 Å². The molecule has 0 atom stereocenters. The van der Waals surface area contributed by atoms with Gasteiger partial charge in [-0.2, -0.15) is 13.2 Å². The summed E-state index contributed by atoms with van der Waals surface area (Å²) in [6, 6.07) is 13.4. The Bertz CT molecular complexity index is 970. The average Bonchev–Trinajstić information content (AvgIpc) is 2.81. The summed E-state index contributed by atoms with van der Waals surface area (Å²) in [5.41, 5.74) is 1.52. The number of nitrogens with zero attached hydrogens (tertiary/aromatic N) is 2. The Morgan fingerprint density at radius 2 is 1.68 bits per heavy atom. The number of alkyl halides is 3. The van der Waals surface area contributed by atoms with Gasteiger partial charge < -0.3 is 4.90 Å². The molecule has 2 aromatic carbocycles. The van der Waals surface area contributed by atoms with Crippen molar-refractivity contribution in [2.75, 3.05) is 11.9 Å². The van der Waals surface area contributed by atoms with E-state index in [1.807, 2.05) is 43.0 Å². The van der Waals surface area contributed by atoms with Crippen molar-refractivity contribution in [3.63, 3.8) is 0 Å². The third-order valence-corrected chi connectivity index (χ3v) is 5.02. The van der Waals surface area contributed by atoms with E-state index >= 15 is 0 Å². The third kappa shape index (κ3) is 3.59. The number of aryl methyl sites for hydroxylation is 1. The maximum absolute atomic E-state index is 13.5. The molecule has 0 fully saturated rings. The van der Waals surface area contributed by atoms with E-state index < -0.39 is 23.2 Å². The lowest BCUT2D eigenvalue weighted by Crippen LogP contribution is -2.26. The van der Waals surface area contributed by atoms with Gasteiger partial charge in [0.25, 0.3) is 5.91 Å². The molecule has 3 rings (SSSR count). The number of amides is 1. The number of benzene rings is 2. The molecule has 0 N–H and O–H groups in total. The number of fused-ring (bicyclic) bond motifs is 1. The minimum absolute atomic E-state index is 0.132. The molecule has 6 heteroatoms. The fourth-order valence-electron chi connectivity index (χ4n) is 3.52. The summed E-state index contributed by atoms with van der Waals surface area (Å²) in [5, 5.41) is 0. The zero-order valence-electron chi connectivity index (χ0n) is 16.1. The van der Waals surface area contributed by atoms with E-state index in [9.17, 15) is 18.0 Å². The van der Waals surface area contributed by atoms with Gasteiger partial charge in [0.05, 0.1) is 0 Å². The maximum Gasteiger partial charge on any atom is 0.434 e. The molecule has 146 valence electrons. The van der Waals surface area contributed by atoms with Crippen molar-refractivity contribution < 1.29 is 18.0 Å². The second-order valence-corrected chi connectivity index (χ2v) is 7.39. The lowest BCUT2D eigenvalue weighted by atomic mass is 9.84. The largest absolute Gasteiger partial charge is 0.434 e. The lowest BCUT2D eigenvalue weighted by Gasteiger charge is -2.23. The fraction of sp³-hybridized carbons (Fsp3) is 0.273. The summed E-state index contributed by atoms with van der Waals surface area (Å²) in [4.78, 5) is 17.7. The topological polar surface area (TPSA) is 32.7 Å². The second kappa shape index (κ2) is 6.93. The predicted molar refractivity (Wildman–Crippen MR) is 105 cm³/mol. The summed E-state index contributed by atoms with van der Waals surface area (Å²) >= 11 is 0. The van der Waals surface area contributed by atoms with Gasteiger partial charge in [-0.05, 0) is 18.6 Å². The zero-order chi connectivity index (χ0) is 20.7. The summed E-state index contributed by atoms with van der Waals surface area (Å²) in [5.74, 6) is -0.935. The molecule has 0 radical (unpaired) electrons. The van der Waals surface area contributed by atoms with Crippen molar-refractivity contribution in [3.05, 3.63) is 77.0 Å². The minimum Gasteiger partial charge on any atom is -0.347 e. The van der Waals surface area contributed by atoms with Crippen molar-refractivity contribution >= 4 is 17.3 Å². The zero-order valence-corrected chi connectivity index (χ0v) is 16.1. The molecule has 0 aromatic heterocycles. The summed E-state index contributed by atoms with van der Waals surface area (Å²) < 4.78 is 40.5. The number of para-hydroxylation sites is 1. The maximum atomic E-state index is 13.5. The van der Waals surface area contributed by atoms with E-state index in [0.29, 0.717) is 5.70 Å². The highest BCUT2D eigenvalue weighted by molar-refractivity contribution is 6.11. The molecular weight excluding hydrogens is 365 g/mol. The van der Waals surface area contributed by atoms with Crippen LogP contribution in [-0.2, 0) is 10.2 Å². The van der Waals surface area contributed by atoms with E-state index in [4.69, 9.17) is 0 Å². The Morgan fingerprint density at radius 3 is 2.25 bits per heavy atom. The van der Waals surface area contributed by atoms with Crippen LogP contribution in [0.2, 0.25) is 0 Å². The van der Waals surface area contributed by atoms with Crippen LogP contribution in [0.15, 0.2) is 65.3 Å². The Hall–Kier alpha value is -2.89. The lowest BCUT2D eigenvalue weighted by molar-refractivity contribution is -0.114. The van der Waals surface area contributed by atoms with Gasteiger partial charge in [0.1, 0.15) is 0 Å². The third-order valence-electron chi connectivity index (χ3n) is 5.02. The number of hydrogen-bond donors (Lipinski definition) is 0. The predicted octanol–water partition coefficient (Wildman–Crippen LogP) is 5.18. The quantitative estimate of drug-likeness (QED) is 0.526. The van der Waals surface area contributed by atoms with Gasteiger partial charge in [0, 0.05) is 35.5 Å². The van der Waals surface area contributed by atoms with Crippen molar-refractivity contribution in [1.82, 2.24) is 0 Å². The van der Waals surface area contributed by atoms with E-state index in [-0.39, 0.29) is 5.56 Å². The molecule has 1 heterocycles. The first kappa shape index (κ1) is 19.9. The van der Waals surface area contributed by atoms with Crippen LogP contribution in [0.3, 0.4) is 0 Å². The number of halogens is 3. The molecule has 1 aliphatic heterocycles. The van der Waals surface area contributed by atoms with Crippen molar-refractivity contribution in [3.8, 4) is 0 Å². The van der Waals surface area contributed by atoms with Crippen molar-refractivity contribution in [2.45, 2.75) is 32.4 Å². The van der Waals surface area contributed by atoms with Crippen LogP contribution >= 0.6 is 0 Å². The normalized spacial score (nSPS) is 17.8. The number of carbonyl (C=O) groups excluding carboxylic acids is 1. The molecule has 0 aliphatic carbocycles. The van der Waals surface area contributed by atoms with Crippen molar-refractivity contribution in [2.24, 2.45) is 4.99 Å². The van der Waals surface area contributed by atoms with Crippen LogP contribution in [0, 0.1) is 6.92 Å². The number of likely N-dealkylation sites (N-methyl/N-ethyl adjacent to an activating group) is 1. The Balaban J connectivity index is 2.02. The molecular formula is C22H21F3N2O. The first-order valence-electron chi connectivity index (χ1n) is 8.84. The van der Waals surface area contributed by atoms with Crippen LogP contribution in [0.25, 0.3) is 0 Å². The fourth-order valence-corrected chi connectivity index (χ4v) is 3.52. The highest BCUT2D eigenvalue weighted by Crippen LogP contribution is 2.46. The molecule has 0 unspecified atom stereocenters. The SMILES string of the molecule is Cc1ccc(C(=NC(=O)/C=C2\N(C)c3ccccc3C2(C)C)C(F)(F)F)cc1. The second-order valence-electron chi connectivity index (χ2n) is 7.39. The smallest absolute Gasteiger partial charge is 0.347 e. The molecule has 1 aliphatic rings. The highest BCUT2D eigenvalue weighted by Gasteiger charge is 2.40. The number of allylic oxidation sites excluding steroid dienone is 1. The van der Waals surface area contributed by atoms with Gasteiger partial charge >= 0.3 is 6.18 Å². The van der Waals surface area contributed by atoms with Crippen molar-refractivity contribution in [1.29, 1.82) is 0 Å². The first-order chi connectivity index (χ1) is 13.0. The molecule has 3 nitrogen and oxygen atoms in total. The molecule has 0 bridgehead atoms. The standard InChI is InChI=1S/C22H21F3N2O/c1-14-9-11-15(12-10-14)20(22(23,24)25)26-19(28)13-18-21(2,3)16-7-5-6-8-17(16)27(18)4/h5-13H,1-4H3/b18-13-,26-20?. The summed E-state index contributed by atoms with van der Waals surface area (Å²) in [6.45, 7) is 5.64. The average molecular weight is 386 g/mol. The van der Waals surface area contributed by atoms with Crippen LogP contribution in [-0.4, -0.2) is 24.8 Å². The molecule has 0 saturated heterocycles. The molecule has 0 spiro atoms. The minimum atomic E-state index is -4.73. The summed E-state index contributed by atoms with van der Waals surface area (Å²) in [6.07, 6.45) is -3.54. The number of anilines is 1. The van der Waals surface area contributed by atoms with E-state index in [1.54, 1.807) is 26.1 Å². The van der Waals surface area contributed by atoms with Gasteiger partial charge in [0.2, 0.25) is 0 Å². The van der Waals surface area contributed by atoms with Gasteiger partial charge in [-0.25, -0.2) is 4.99 Å².